The lowest BCUT2D eigenvalue weighted by molar-refractivity contribution is -0.391. The quantitative estimate of drug-likeness (QED) is 0.377. The van der Waals surface area contributed by atoms with Crippen LogP contribution in [-0.2, 0) is 7.05 Å². The predicted molar refractivity (Wildman–Crippen MR) is 103 cm³/mol. The number of rotatable bonds is 5. The molecule has 1 amide bonds. The number of hydrazone groups is 1. The molecule has 0 unspecified atom stereocenters. The second-order valence-electron chi connectivity index (χ2n) is 6.02. The van der Waals surface area contributed by atoms with Crippen LogP contribution in [0.5, 0.6) is 5.75 Å². The Labute approximate surface area is 163 Å². The van der Waals surface area contributed by atoms with Crippen molar-refractivity contribution >= 4 is 17.9 Å². The van der Waals surface area contributed by atoms with Crippen molar-refractivity contribution in [2.75, 3.05) is 0 Å². The van der Waals surface area contributed by atoms with Crippen LogP contribution in [0.3, 0.4) is 0 Å². The van der Waals surface area contributed by atoms with Gasteiger partial charge in [-0.05, 0) is 30.0 Å². The Morgan fingerprint density at radius 1 is 1.38 bits per heavy atom. The van der Waals surface area contributed by atoms with Crippen LogP contribution < -0.4 is 10.9 Å². The summed E-state index contributed by atoms with van der Waals surface area (Å²) in [6.45, 7) is 1.58. The van der Waals surface area contributed by atoms with Gasteiger partial charge in [0.05, 0.1) is 12.7 Å². The number of aromatic hydroxyl groups is 1. The number of hydrogen-bond donors (Lipinski definition) is 2. The summed E-state index contributed by atoms with van der Waals surface area (Å²) in [6, 6.07) is 7.71. The highest BCUT2D eigenvalue weighted by Gasteiger charge is 2.15. The van der Waals surface area contributed by atoms with Gasteiger partial charge in [0.2, 0.25) is 11.3 Å². The van der Waals surface area contributed by atoms with Gasteiger partial charge in [-0.15, -0.1) is 0 Å². The van der Waals surface area contributed by atoms with E-state index in [0.717, 1.165) is 6.20 Å². The summed E-state index contributed by atoms with van der Waals surface area (Å²) < 4.78 is 2.80. The number of nitrogens with one attached hydrogen (secondary N) is 1. The van der Waals surface area contributed by atoms with E-state index in [4.69, 9.17) is 0 Å². The Morgan fingerprint density at radius 2 is 2.14 bits per heavy atom. The molecule has 29 heavy (non-hydrogen) atoms. The Hall–Kier alpha value is -4.28. The second kappa shape index (κ2) is 7.76. The van der Waals surface area contributed by atoms with Crippen LogP contribution in [0, 0.1) is 17.0 Å². The van der Waals surface area contributed by atoms with Gasteiger partial charge in [-0.2, -0.15) is 5.10 Å². The maximum absolute atomic E-state index is 12.4. The van der Waals surface area contributed by atoms with Gasteiger partial charge in [0, 0.05) is 23.5 Å². The number of carbonyl (C=O) groups is 1. The largest absolute Gasteiger partial charge is 0.503 e. The second-order valence-corrected chi connectivity index (χ2v) is 6.02. The van der Waals surface area contributed by atoms with E-state index in [1.807, 2.05) is 0 Å². The maximum Gasteiger partial charge on any atom is 0.342 e. The lowest BCUT2D eigenvalue weighted by Crippen LogP contribution is -2.18. The van der Waals surface area contributed by atoms with Gasteiger partial charge >= 0.3 is 5.82 Å². The van der Waals surface area contributed by atoms with Crippen molar-refractivity contribution in [2.24, 2.45) is 12.1 Å². The predicted octanol–water partition coefficient (Wildman–Crippen LogP) is 1.26. The zero-order valence-electron chi connectivity index (χ0n) is 15.4. The fourth-order valence-corrected chi connectivity index (χ4v) is 2.62. The van der Waals surface area contributed by atoms with Gasteiger partial charge in [0.1, 0.15) is 12.4 Å². The molecule has 3 rings (SSSR count). The van der Waals surface area contributed by atoms with E-state index in [0.29, 0.717) is 11.4 Å². The molecule has 0 saturated heterocycles. The molecule has 0 aliphatic heterocycles. The molecule has 0 atom stereocenters. The number of carbonyl (C=O) groups excluding carboxylic acids is 1. The Balaban J connectivity index is 1.79. The van der Waals surface area contributed by atoms with E-state index >= 15 is 0 Å². The molecular weight excluding hydrogens is 380 g/mol. The topological polar surface area (TPSA) is 145 Å². The standard InChI is InChI=1S/C18H16N6O5/c1-11-17(26)14(25)6-7-23(11)13-5-3-4-12(8-13)18(27)21-20-9-15-19-10-16(22(15)2)24(28)29/h3-10,26H,1-2H3,(H,21,27). The summed E-state index contributed by atoms with van der Waals surface area (Å²) in [7, 11) is 1.46. The van der Waals surface area contributed by atoms with Crippen LogP contribution in [0.25, 0.3) is 5.69 Å². The average Bonchev–Trinajstić information content (AvgIpc) is 3.07. The van der Waals surface area contributed by atoms with Crippen LogP contribution in [0.2, 0.25) is 0 Å². The molecule has 11 heteroatoms. The summed E-state index contributed by atoms with van der Waals surface area (Å²) >= 11 is 0. The summed E-state index contributed by atoms with van der Waals surface area (Å²) in [4.78, 5) is 37.9. The highest BCUT2D eigenvalue weighted by atomic mass is 16.6. The van der Waals surface area contributed by atoms with E-state index in [9.17, 15) is 24.8 Å². The van der Waals surface area contributed by atoms with Crippen molar-refractivity contribution in [1.82, 2.24) is 19.5 Å². The third-order valence-electron chi connectivity index (χ3n) is 4.23. The Bertz CT molecular complexity index is 1190. The highest BCUT2D eigenvalue weighted by molar-refractivity contribution is 5.95. The molecule has 0 spiro atoms. The van der Waals surface area contributed by atoms with Gasteiger partial charge in [0.25, 0.3) is 5.91 Å². The van der Waals surface area contributed by atoms with Crippen LogP contribution in [0.15, 0.2) is 52.6 Å². The van der Waals surface area contributed by atoms with Crippen molar-refractivity contribution in [2.45, 2.75) is 6.92 Å². The molecular formula is C18H16N6O5. The van der Waals surface area contributed by atoms with Gasteiger partial charge in [-0.3, -0.25) is 9.59 Å². The number of benzene rings is 1. The van der Waals surface area contributed by atoms with Crippen molar-refractivity contribution in [3.63, 3.8) is 0 Å². The van der Waals surface area contributed by atoms with Gasteiger partial charge in [-0.25, -0.2) is 15.0 Å². The van der Waals surface area contributed by atoms with E-state index in [1.165, 1.54) is 30.1 Å². The molecule has 1 aromatic carbocycles. The molecule has 2 N–H and O–H groups in total. The zero-order chi connectivity index (χ0) is 21.1. The first-order chi connectivity index (χ1) is 13.8. The first-order valence-electron chi connectivity index (χ1n) is 8.30. The van der Waals surface area contributed by atoms with Crippen LogP contribution in [0.1, 0.15) is 21.9 Å². The number of aromatic nitrogens is 3. The summed E-state index contributed by atoms with van der Waals surface area (Å²) in [6.07, 6.45) is 3.79. The number of amides is 1. The molecule has 148 valence electrons. The molecule has 0 saturated carbocycles. The first kappa shape index (κ1) is 19.5. The molecule has 2 heterocycles. The average molecular weight is 396 g/mol. The lowest BCUT2D eigenvalue weighted by Gasteiger charge is -2.12. The SMILES string of the molecule is Cc1c(O)c(=O)ccn1-c1cccc(C(=O)NN=Cc2ncc([N+](=O)[O-])n2C)c1. The lowest BCUT2D eigenvalue weighted by atomic mass is 10.2. The van der Waals surface area contributed by atoms with Crippen molar-refractivity contribution < 1.29 is 14.8 Å². The minimum atomic E-state index is -0.578. The van der Waals surface area contributed by atoms with E-state index < -0.39 is 16.3 Å². The van der Waals surface area contributed by atoms with Gasteiger partial charge in [0.15, 0.2) is 5.75 Å². The molecule has 3 aromatic rings. The fourth-order valence-electron chi connectivity index (χ4n) is 2.62. The third kappa shape index (κ3) is 3.88. The zero-order valence-corrected chi connectivity index (χ0v) is 15.4. The smallest absolute Gasteiger partial charge is 0.342 e. The molecule has 11 nitrogen and oxygen atoms in total. The van der Waals surface area contributed by atoms with Gasteiger partial charge in [-0.1, -0.05) is 6.07 Å². The molecule has 0 bridgehead atoms. The van der Waals surface area contributed by atoms with Crippen LogP contribution in [-0.4, -0.2) is 36.3 Å². The normalized spacial score (nSPS) is 11.0. The monoisotopic (exact) mass is 396 g/mol. The molecule has 0 aliphatic carbocycles. The minimum absolute atomic E-state index is 0.199. The van der Waals surface area contributed by atoms with Crippen molar-refractivity contribution in [3.8, 4) is 11.4 Å². The number of nitro groups is 1. The first-order valence-corrected chi connectivity index (χ1v) is 8.30. The molecule has 0 radical (unpaired) electrons. The fraction of sp³-hybridized carbons (Fsp3) is 0.111. The molecule has 0 aliphatic rings. The van der Waals surface area contributed by atoms with E-state index in [1.54, 1.807) is 35.8 Å². The van der Waals surface area contributed by atoms with Crippen molar-refractivity contribution in [1.29, 1.82) is 0 Å². The van der Waals surface area contributed by atoms with Crippen molar-refractivity contribution in [3.05, 3.63) is 80.1 Å². The molecule has 0 fully saturated rings. The van der Waals surface area contributed by atoms with E-state index in [-0.39, 0.29) is 23.0 Å². The van der Waals surface area contributed by atoms with Crippen LogP contribution >= 0.6 is 0 Å². The number of imidazole rings is 1. The summed E-state index contributed by atoms with van der Waals surface area (Å²) in [5.74, 6) is -0.888. The van der Waals surface area contributed by atoms with E-state index in [2.05, 4.69) is 15.5 Å². The number of hydrogen-bond acceptors (Lipinski definition) is 7. The Morgan fingerprint density at radius 3 is 2.83 bits per heavy atom. The Kier molecular flexibility index (Phi) is 5.21. The number of pyridine rings is 1. The number of nitrogens with zero attached hydrogens (tertiary/aromatic N) is 5. The molecule has 2 aromatic heterocycles. The van der Waals surface area contributed by atoms with Crippen LogP contribution in [0.4, 0.5) is 5.82 Å². The third-order valence-corrected chi connectivity index (χ3v) is 4.23. The summed E-state index contributed by atoms with van der Waals surface area (Å²) in [5, 5.41) is 24.4. The maximum atomic E-state index is 12.4. The highest BCUT2D eigenvalue weighted by Crippen LogP contribution is 2.17. The van der Waals surface area contributed by atoms with Gasteiger partial charge < -0.3 is 19.8 Å². The summed E-state index contributed by atoms with van der Waals surface area (Å²) in [5.41, 5.74) is 3.02. The minimum Gasteiger partial charge on any atom is -0.503 e.